The molecule has 0 aromatic rings. The molecule has 8 N–H and O–H groups in total. The van der Waals surface area contributed by atoms with Crippen LogP contribution >= 0.6 is 25.3 Å². The van der Waals surface area contributed by atoms with Gasteiger partial charge in [-0.25, -0.2) is 4.79 Å². The van der Waals surface area contributed by atoms with Gasteiger partial charge in [-0.05, 0) is 12.3 Å². The van der Waals surface area contributed by atoms with Crippen LogP contribution in [0, 0.1) is 5.92 Å². The Morgan fingerprint density at radius 2 is 1.31 bits per heavy atom. The number of hydrogen-bond donors (Lipinski definition) is 8. The maximum Gasteiger partial charge on any atom is 0.327 e. The Hall–Kier alpha value is -1.99. The van der Waals surface area contributed by atoms with Gasteiger partial charge in [0.25, 0.3) is 0 Å². The largest absolute Gasteiger partial charge is 0.480 e. The number of rotatable bonds is 13. The molecular weight excluding hydrogens is 422 g/mol. The van der Waals surface area contributed by atoms with E-state index in [9.17, 15) is 24.0 Å². The lowest BCUT2D eigenvalue weighted by molar-refractivity contribution is -0.141. The molecule has 0 aromatic carbocycles. The Balaban J connectivity index is 5.23. The molecule has 0 bridgehead atoms. The van der Waals surface area contributed by atoms with Gasteiger partial charge >= 0.3 is 5.97 Å². The minimum Gasteiger partial charge on any atom is -0.480 e. The molecule has 0 spiro atoms. The van der Waals surface area contributed by atoms with E-state index in [-0.39, 0.29) is 30.3 Å². The molecule has 11 nitrogen and oxygen atoms in total. The van der Waals surface area contributed by atoms with Crippen LogP contribution in [0.1, 0.15) is 26.7 Å². The van der Waals surface area contributed by atoms with Gasteiger partial charge in [-0.15, -0.1) is 0 Å². The molecule has 0 saturated heterocycles. The highest BCUT2D eigenvalue weighted by Crippen LogP contribution is 2.04. The number of carboxylic acids is 1. The number of nitrogens with one attached hydrogen (secondary N) is 3. The SMILES string of the molecule is CC(C)C(N)C(=O)NC(CCC(N)=O)C(=O)NC(CS)C(=O)NC(CS)C(=O)O. The average molecular weight is 452 g/mol. The number of primary amides is 1. The highest BCUT2D eigenvalue weighted by molar-refractivity contribution is 7.80. The second kappa shape index (κ2) is 13.3. The number of carboxylic acid groups (broad SMARTS) is 1. The molecule has 13 heteroatoms. The predicted octanol–water partition coefficient (Wildman–Crippen LogP) is -2.37. The normalized spacial score (nSPS) is 15.0. The third kappa shape index (κ3) is 9.85. The summed E-state index contributed by atoms with van der Waals surface area (Å²) >= 11 is 7.84. The van der Waals surface area contributed by atoms with Gasteiger partial charge in [-0.2, -0.15) is 25.3 Å². The van der Waals surface area contributed by atoms with Gasteiger partial charge < -0.3 is 32.5 Å². The first-order valence-corrected chi connectivity index (χ1v) is 10.1. The van der Waals surface area contributed by atoms with Crippen LogP contribution in [0.2, 0.25) is 0 Å². The maximum absolute atomic E-state index is 12.6. The summed E-state index contributed by atoms with van der Waals surface area (Å²) in [4.78, 5) is 59.1. The van der Waals surface area contributed by atoms with Crippen LogP contribution < -0.4 is 27.4 Å². The van der Waals surface area contributed by atoms with E-state index in [1.54, 1.807) is 13.8 Å². The van der Waals surface area contributed by atoms with Crippen LogP contribution in [0.15, 0.2) is 0 Å². The summed E-state index contributed by atoms with van der Waals surface area (Å²) < 4.78 is 0. The first-order chi connectivity index (χ1) is 13.4. The maximum atomic E-state index is 12.6. The molecule has 0 aliphatic heterocycles. The monoisotopic (exact) mass is 451 g/mol. The molecule has 4 amide bonds. The fourth-order valence-corrected chi connectivity index (χ4v) is 2.55. The van der Waals surface area contributed by atoms with Crippen LogP contribution in [-0.4, -0.2) is 70.4 Å². The number of carbonyl (C=O) groups is 5. The Kier molecular flexibility index (Phi) is 12.4. The predicted molar refractivity (Wildman–Crippen MR) is 112 cm³/mol. The Labute approximate surface area is 179 Å². The third-order valence-corrected chi connectivity index (χ3v) is 4.68. The zero-order valence-corrected chi connectivity index (χ0v) is 18.0. The Morgan fingerprint density at radius 3 is 1.72 bits per heavy atom. The van der Waals surface area contributed by atoms with Crippen molar-refractivity contribution in [3.63, 3.8) is 0 Å². The van der Waals surface area contributed by atoms with Crippen molar-refractivity contribution in [2.24, 2.45) is 17.4 Å². The minimum atomic E-state index is -1.29. The van der Waals surface area contributed by atoms with Crippen LogP contribution in [0.4, 0.5) is 0 Å². The topological polar surface area (TPSA) is 194 Å². The van der Waals surface area contributed by atoms with Gasteiger partial charge in [0.1, 0.15) is 18.1 Å². The number of hydrogen-bond acceptors (Lipinski definition) is 8. The van der Waals surface area contributed by atoms with Crippen LogP contribution in [-0.2, 0) is 24.0 Å². The van der Waals surface area contributed by atoms with Crippen LogP contribution in [0.5, 0.6) is 0 Å². The van der Waals surface area contributed by atoms with E-state index in [1.165, 1.54) is 0 Å². The van der Waals surface area contributed by atoms with Crippen molar-refractivity contribution in [1.29, 1.82) is 0 Å². The van der Waals surface area contributed by atoms with Gasteiger partial charge in [0.05, 0.1) is 6.04 Å². The van der Waals surface area contributed by atoms with Gasteiger partial charge in [0.15, 0.2) is 0 Å². The Bertz CT molecular complexity index is 619. The van der Waals surface area contributed by atoms with E-state index in [0.717, 1.165) is 0 Å². The van der Waals surface area contributed by atoms with E-state index >= 15 is 0 Å². The standard InChI is InChI=1S/C16H29N5O6S2/c1-7(2)12(18)15(25)19-8(3-4-11(17)22)13(23)20-9(5-28)14(24)21-10(6-29)16(26)27/h7-10,12,28-29H,3-6,18H2,1-2H3,(H2,17,22)(H,19,25)(H,20,23)(H,21,24)(H,26,27). The number of amides is 4. The highest BCUT2D eigenvalue weighted by Gasteiger charge is 2.30. The van der Waals surface area contributed by atoms with Crippen molar-refractivity contribution in [3.05, 3.63) is 0 Å². The molecule has 0 radical (unpaired) electrons. The number of aliphatic carboxylic acids is 1. The number of carbonyl (C=O) groups excluding carboxylic acids is 4. The summed E-state index contributed by atoms with van der Waals surface area (Å²) in [5.74, 6) is -4.59. The lowest BCUT2D eigenvalue weighted by Crippen LogP contribution is -2.58. The van der Waals surface area contributed by atoms with Crippen molar-refractivity contribution >= 4 is 54.9 Å². The molecule has 4 atom stereocenters. The van der Waals surface area contributed by atoms with Crippen LogP contribution in [0.25, 0.3) is 0 Å². The molecule has 0 aromatic heterocycles. The quantitative estimate of drug-likeness (QED) is 0.143. The molecule has 0 saturated carbocycles. The van der Waals surface area contributed by atoms with Crippen molar-refractivity contribution in [1.82, 2.24) is 16.0 Å². The second-order valence-electron chi connectivity index (χ2n) is 6.66. The van der Waals surface area contributed by atoms with E-state index in [1.807, 2.05) is 0 Å². The molecule has 0 heterocycles. The lowest BCUT2D eigenvalue weighted by Gasteiger charge is -2.24. The van der Waals surface area contributed by atoms with Crippen molar-refractivity contribution < 1.29 is 29.1 Å². The third-order valence-electron chi connectivity index (χ3n) is 3.95. The summed E-state index contributed by atoms with van der Waals surface area (Å²) in [5, 5.41) is 16.0. The second-order valence-corrected chi connectivity index (χ2v) is 7.39. The Morgan fingerprint density at radius 1 is 0.862 bits per heavy atom. The smallest absolute Gasteiger partial charge is 0.327 e. The molecule has 0 fully saturated rings. The van der Waals surface area contributed by atoms with Crippen molar-refractivity contribution in [2.45, 2.75) is 50.9 Å². The summed E-state index contributed by atoms with van der Waals surface area (Å²) in [7, 11) is 0. The highest BCUT2D eigenvalue weighted by atomic mass is 32.1. The van der Waals surface area contributed by atoms with Gasteiger partial charge in [0, 0.05) is 17.9 Å². The zero-order chi connectivity index (χ0) is 22.7. The average Bonchev–Trinajstić information content (AvgIpc) is 2.65. The van der Waals surface area contributed by atoms with Crippen LogP contribution in [0.3, 0.4) is 0 Å². The molecule has 0 aliphatic rings. The lowest BCUT2D eigenvalue weighted by atomic mass is 10.0. The van der Waals surface area contributed by atoms with Crippen molar-refractivity contribution in [2.75, 3.05) is 11.5 Å². The fraction of sp³-hybridized carbons (Fsp3) is 0.688. The zero-order valence-electron chi connectivity index (χ0n) is 16.3. The molecule has 0 rings (SSSR count). The number of thiol groups is 2. The van der Waals surface area contributed by atoms with E-state index in [2.05, 4.69) is 41.2 Å². The van der Waals surface area contributed by atoms with Crippen molar-refractivity contribution in [3.8, 4) is 0 Å². The summed E-state index contributed by atoms with van der Waals surface area (Å²) in [6.45, 7) is 3.45. The molecular formula is C16H29N5O6S2. The minimum absolute atomic E-state index is 0.104. The molecule has 29 heavy (non-hydrogen) atoms. The molecule has 0 aliphatic carbocycles. The van der Waals surface area contributed by atoms with E-state index in [0.29, 0.717) is 0 Å². The van der Waals surface area contributed by atoms with Gasteiger partial charge in [-0.3, -0.25) is 19.2 Å². The first-order valence-electron chi connectivity index (χ1n) is 8.84. The summed E-state index contributed by atoms with van der Waals surface area (Å²) in [5.41, 5.74) is 10.9. The molecule has 166 valence electrons. The fourth-order valence-electron chi connectivity index (χ4n) is 2.05. The van der Waals surface area contributed by atoms with Gasteiger partial charge in [-0.1, -0.05) is 13.8 Å². The summed E-state index contributed by atoms with van der Waals surface area (Å²) in [6, 6.07) is -4.48. The van der Waals surface area contributed by atoms with E-state index < -0.39 is 53.8 Å². The molecule has 4 unspecified atom stereocenters. The number of nitrogens with two attached hydrogens (primary N) is 2. The van der Waals surface area contributed by atoms with Gasteiger partial charge in [0.2, 0.25) is 23.6 Å². The summed E-state index contributed by atoms with van der Waals surface area (Å²) in [6.07, 6.45) is -0.291. The van der Waals surface area contributed by atoms with E-state index in [4.69, 9.17) is 16.6 Å². The first kappa shape index (κ1) is 27.0.